The second-order valence-corrected chi connectivity index (χ2v) is 7.54. The maximum atomic E-state index is 12.0. The molecule has 1 atom stereocenters. The van der Waals surface area contributed by atoms with Crippen LogP contribution in [0.25, 0.3) is 0 Å². The number of hydrogen-bond donors (Lipinski definition) is 0. The molecule has 1 aliphatic rings. The van der Waals surface area contributed by atoms with Crippen LogP contribution in [-0.4, -0.2) is 19.9 Å². The van der Waals surface area contributed by atoms with Gasteiger partial charge in [0.1, 0.15) is 0 Å². The van der Waals surface area contributed by atoms with Crippen LogP contribution in [0.3, 0.4) is 0 Å². The Bertz CT molecular complexity index is 675. The van der Waals surface area contributed by atoms with E-state index in [1.165, 1.54) is 6.07 Å². The van der Waals surface area contributed by atoms with E-state index in [0.717, 1.165) is 31.1 Å². The van der Waals surface area contributed by atoms with Crippen molar-refractivity contribution < 1.29 is 13.2 Å². The van der Waals surface area contributed by atoms with Crippen LogP contribution >= 0.6 is 11.6 Å². The normalized spacial score (nSPS) is 19.1. The topological polar surface area (TPSA) is 51.2 Å². The highest BCUT2D eigenvalue weighted by Crippen LogP contribution is 2.34. The molecule has 5 heteroatoms. The van der Waals surface area contributed by atoms with Gasteiger partial charge in [0, 0.05) is 17.7 Å². The van der Waals surface area contributed by atoms with Crippen LogP contribution < -0.4 is 0 Å². The molecule has 0 aliphatic heterocycles. The molecular weight excluding hydrogens is 296 g/mol. The Hall–Kier alpha value is -1.13. The zero-order valence-corrected chi connectivity index (χ0v) is 13.1. The first-order chi connectivity index (χ1) is 9.30. The Morgan fingerprint density at radius 3 is 2.55 bits per heavy atom. The van der Waals surface area contributed by atoms with Crippen molar-refractivity contribution in [3.05, 3.63) is 41.0 Å². The Kier molecular flexibility index (Phi) is 4.35. The largest absolute Gasteiger partial charge is 0.276 e. The summed E-state index contributed by atoms with van der Waals surface area (Å²) in [5.41, 5.74) is 1.74. The summed E-state index contributed by atoms with van der Waals surface area (Å²) in [7, 11) is -3.40. The van der Waals surface area contributed by atoms with E-state index in [-0.39, 0.29) is 16.4 Å². The first kappa shape index (κ1) is 15.3. The van der Waals surface area contributed by atoms with Crippen LogP contribution in [-0.2, 0) is 9.84 Å². The van der Waals surface area contributed by atoms with E-state index in [1.54, 1.807) is 13.0 Å². The molecule has 20 heavy (non-hydrogen) atoms. The minimum absolute atomic E-state index is 0.0895. The Morgan fingerprint density at radius 2 is 2.05 bits per heavy atom. The van der Waals surface area contributed by atoms with Crippen molar-refractivity contribution in [3.63, 3.8) is 0 Å². The predicted molar refractivity (Wildman–Crippen MR) is 80.2 cm³/mol. The number of halogens is 1. The molecule has 108 valence electrons. The van der Waals surface area contributed by atoms with Gasteiger partial charge < -0.3 is 0 Å². The SMILES string of the molecule is Cc1cc(C2C=CCCC2)c(S(C)(=O)=O)cc1C(=O)Cl. The number of aryl methyl sites for hydroxylation is 1. The molecule has 0 heterocycles. The molecule has 2 rings (SSSR count). The Morgan fingerprint density at radius 1 is 1.35 bits per heavy atom. The molecule has 0 fully saturated rings. The van der Waals surface area contributed by atoms with Gasteiger partial charge in [-0.05, 0) is 55.0 Å². The second-order valence-electron chi connectivity index (χ2n) is 5.22. The van der Waals surface area contributed by atoms with Crippen LogP contribution in [0.15, 0.2) is 29.2 Å². The molecular formula is C15H17ClO3S. The van der Waals surface area contributed by atoms with E-state index < -0.39 is 15.1 Å². The summed E-state index contributed by atoms with van der Waals surface area (Å²) in [6.07, 6.45) is 8.29. The van der Waals surface area contributed by atoms with Gasteiger partial charge in [0.25, 0.3) is 5.24 Å². The summed E-state index contributed by atoms with van der Waals surface area (Å²) in [4.78, 5) is 11.6. The highest BCUT2D eigenvalue weighted by Gasteiger charge is 2.23. The van der Waals surface area contributed by atoms with Crippen molar-refractivity contribution >= 4 is 26.7 Å². The predicted octanol–water partition coefficient (Wildman–Crippen LogP) is 3.60. The van der Waals surface area contributed by atoms with E-state index >= 15 is 0 Å². The number of sulfone groups is 1. The second kappa shape index (κ2) is 5.70. The van der Waals surface area contributed by atoms with Gasteiger partial charge in [-0.15, -0.1) is 0 Å². The lowest BCUT2D eigenvalue weighted by Crippen LogP contribution is -2.10. The Balaban J connectivity index is 2.66. The lowest BCUT2D eigenvalue weighted by atomic mass is 9.88. The number of carbonyl (C=O) groups is 1. The molecule has 0 saturated carbocycles. The lowest BCUT2D eigenvalue weighted by molar-refractivity contribution is 0.108. The molecule has 1 aliphatic carbocycles. The van der Waals surface area contributed by atoms with Crippen molar-refractivity contribution in [2.45, 2.75) is 37.0 Å². The molecule has 1 aromatic carbocycles. The molecule has 3 nitrogen and oxygen atoms in total. The highest BCUT2D eigenvalue weighted by atomic mass is 35.5. The van der Waals surface area contributed by atoms with E-state index in [1.807, 2.05) is 0 Å². The van der Waals surface area contributed by atoms with Gasteiger partial charge in [0.15, 0.2) is 9.84 Å². The van der Waals surface area contributed by atoms with Gasteiger partial charge in [0.2, 0.25) is 0 Å². The fourth-order valence-corrected chi connectivity index (χ4v) is 3.78. The summed E-state index contributed by atoms with van der Waals surface area (Å²) in [6, 6.07) is 3.20. The fraction of sp³-hybridized carbons (Fsp3) is 0.400. The van der Waals surface area contributed by atoms with Gasteiger partial charge >= 0.3 is 0 Å². The lowest BCUT2D eigenvalue weighted by Gasteiger charge is -2.21. The first-order valence-electron chi connectivity index (χ1n) is 6.52. The molecule has 0 bridgehead atoms. The number of carbonyl (C=O) groups excluding carboxylic acids is 1. The first-order valence-corrected chi connectivity index (χ1v) is 8.78. The highest BCUT2D eigenvalue weighted by molar-refractivity contribution is 7.90. The van der Waals surface area contributed by atoms with Crippen LogP contribution in [0, 0.1) is 6.92 Å². The Labute approximate surface area is 124 Å². The molecule has 0 spiro atoms. The quantitative estimate of drug-likeness (QED) is 0.633. The number of rotatable bonds is 3. The van der Waals surface area contributed by atoms with Gasteiger partial charge in [0.05, 0.1) is 4.90 Å². The fourth-order valence-electron chi connectivity index (χ4n) is 2.60. The zero-order chi connectivity index (χ0) is 14.9. The van der Waals surface area contributed by atoms with Crippen molar-refractivity contribution in [1.82, 2.24) is 0 Å². The van der Waals surface area contributed by atoms with Crippen molar-refractivity contribution in [2.24, 2.45) is 0 Å². The molecule has 0 N–H and O–H groups in total. The van der Waals surface area contributed by atoms with E-state index in [2.05, 4.69) is 12.2 Å². The van der Waals surface area contributed by atoms with E-state index in [4.69, 9.17) is 11.6 Å². The van der Waals surface area contributed by atoms with Crippen molar-refractivity contribution in [2.75, 3.05) is 6.26 Å². The summed E-state index contributed by atoms with van der Waals surface area (Å²) < 4.78 is 24.0. The molecule has 0 amide bonds. The molecule has 1 unspecified atom stereocenters. The molecule has 0 saturated heterocycles. The number of hydrogen-bond acceptors (Lipinski definition) is 3. The molecule has 0 radical (unpaired) electrons. The zero-order valence-electron chi connectivity index (χ0n) is 11.5. The standard InChI is InChI=1S/C15H17ClO3S/c1-10-8-13(11-6-4-3-5-7-11)14(20(2,18)19)9-12(10)15(16)17/h4,6,8-9,11H,3,5,7H2,1-2H3. The summed E-state index contributed by atoms with van der Waals surface area (Å²) in [5, 5.41) is -0.627. The third-order valence-electron chi connectivity index (χ3n) is 3.62. The number of allylic oxidation sites excluding steroid dienone is 2. The van der Waals surface area contributed by atoms with Gasteiger partial charge in [-0.3, -0.25) is 4.79 Å². The maximum Gasteiger partial charge on any atom is 0.252 e. The van der Waals surface area contributed by atoms with E-state index in [0.29, 0.717) is 5.56 Å². The van der Waals surface area contributed by atoms with E-state index in [9.17, 15) is 13.2 Å². The van der Waals surface area contributed by atoms with Crippen LogP contribution in [0.4, 0.5) is 0 Å². The average Bonchev–Trinajstić information content (AvgIpc) is 2.37. The number of benzene rings is 1. The summed E-state index contributed by atoms with van der Waals surface area (Å²) >= 11 is 5.52. The average molecular weight is 313 g/mol. The van der Waals surface area contributed by atoms with Gasteiger partial charge in [-0.25, -0.2) is 8.42 Å². The van der Waals surface area contributed by atoms with Crippen molar-refractivity contribution in [3.8, 4) is 0 Å². The third-order valence-corrected chi connectivity index (χ3v) is 4.98. The summed E-state index contributed by atoms with van der Waals surface area (Å²) in [6.45, 7) is 1.78. The monoisotopic (exact) mass is 312 g/mol. The van der Waals surface area contributed by atoms with Crippen LogP contribution in [0.1, 0.15) is 46.7 Å². The van der Waals surface area contributed by atoms with Crippen molar-refractivity contribution in [1.29, 1.82) is 0 Å². The van der Waals surface area contributed by atoms with Crippen LogP contribution in [0.5, 0.6) is 0 Å². The minimum Gasteiger partial charge on any atom is -0.276 e. The summed E-state index contributed by atoms with van der Waals surface area (Å²) in [5.74, 6) is 0.0895. The molecule has 0 aromatic heterocycles. The smallest absolute Gasteiger partial charge is 0.252 e. The minimum atomic E-state index is -3.40. The van der Waals surface area contributed by atoms with Gasteiger partial charge in [-0.1, -0.05) is 18.2 Å². The third kappa shape index (κ3) is 3.13. The maximum absolute atomic E-state index is 12.0. The molecule has 1 aromatic rings. The van der Waals surface area contributed by atoms with Crippen LogP contribution in [0.2, 0.25) is 0 Å². The van der Waals surface area contributed by atoms with Gasteiger partial charge in [-0.2, -0.15) is 0 Å².